The van der Waals surface area contributed by atoms with Crippen molar-refractivity contribution in [1.29, 1.82) is 0 Å². The smallest absolute Gasteiger partial charge is 0.281 e. The fourth-order valence-corrected chi connectivity index (χ4v) is 3.03. The van der Waals surface area contributed by atoms with Gasteiger partial charge in [-0.3, -0.25) is 9.69 Å². The van der Waals surface area contributed by atoms with Crippen LogP contribution in [0.5, 0.6) is 0 Å². The van der Waals surface area contributed by atoms with Crippen LogP contribution in [-0.4, -0.2) is 11.0 Å². The van der Waals surface area contributed by atoms with Gasteiger partial charge in [-0.25, -0.2) is 0 Å². The standard InChI is InChI=1S/C18H15ClN2OS/c1-2-13-7-3-4-9-16(13)21-17(22)15(20-18(21)23)11-12-6-5-8-14(19)10-12/h3-11H,2H2,1H3,(H,20,23)/b15-11+. The van der Waals surface area contributed by atoms with Gasteiger partial charge in [-0.1, -0.05) is 48.9 Å². The number of nitrogens with zero attached hydrogens (tertiary/aromatic N) is 1. The van der Waals surface area contributed by atoms with Gasteiger partial charge in [0.15, 0.2) is 5.11 Å². The van der Waals surface area contributed by atoms with Gasteiger partial charge in [-0.15, -0.1) is 0 Å². The molecule has 1 aliphatic heterocycles. The molecule has 1 aliphatic rings. The summed E-state index contributed by atoms with van der Waals surface area (Å²) in [7, 11) is 0. The summed E-state index contributed by atoms with van der Waals surface area (Å²) in [5.74, 6) is -0.157. The zero-order chi connectivity index (χ0) is 16.4. The van der Waals surface area contributed by atoms with Gasteiger partial charge in [0.05, 0.1) is 5.69 Å². The Hall–Kier alpha value is -2.17. The number of hydrogen-bond donors (Lipinski definition) is 1. The van der Waals surface area contributed by atoms with Gasteiger partial charge in [0.2, 0.25) is 0 Å². The fraction of sp³-hybridized carbons (Fsp3) is 0.111. The number of carbonyl (C=O) groups is 1. The lowest BCUT2D eigenvalue weighted by Gasteiger charge is -2.17. The predicted molar refractivity (Wildman–Crippen MR) is 98.5 cm³/mol. The van der Waals surface area contributed by atoms with Crippen LogP contribution in [0, 0.1) is 0 Å². The quantitative estimate of drug-likeness (QED) is 0.671. The van der Waals surface area contributed by atoms with Crippen LogP contribution < -0.4 is 10.2 Å². The van der Waals surface area contributed by atoms with Gasteiger partial charge in [-0.2, -0.15) is 0 Å². The largest absolute Gasteiger partial charge is 0.327 e. The molecular weight excluding hydrogens is 328 g/mol. The van der Waals surface area contributed by atoms with E-state index in [2.05, 4.69) is 12.2 Å². The first-order valence-electron chi connectivity index (χ1n) is 7.30. The molecule has 0 saturated carbocycles. The number of aryl methyl sites for hydroxylation is 1. The number of anilines is 1. The second kappa shape index (κ2) is 6.52. The molecule has 1 amide bonds. The van der Waals surface area contributed by atoms with Crippen molar-refractivity contribution in [3.63, 3.8) is 0 Å². The highest BCUT2D eigenvalue weighted by Gasteiger charge is 2.32. The summed E-state index contributed by atoms with van der Waals surface area (Å²) in [4.78, 5) is 14.3. The van der Waals surface area contributed by atoms with Crippen LogP contribution in [0.25, 0.3) is 6.08 Å². The van der Waals surface area contributed by atoms with Crippen LogP contribution in [-0.2, 0) is 11.2 Å². The molecule has 0 aromatic heterocycles. The van der Waals surface area contributed by atoms with Gasteiger partial charge in [0.25, 0.3) is 5.91 Å². The van der Waals surface area contributed by atoms with E-state index in [4.69, 9.17) is 23.8 Å². The van der Waals surface area contributed by atoms with Crippen LogP contribution in [0.1, 0.15) is 18.1 Å². The van der Waals surface area contributed by atoms with E-state index in [9.17, 15) is 4.79 Å². The lowest BCUT2D eigenvalue weighted by atomic mass is 10.1. The first kappa shape index (κ1) is 15.7. The van der Waals surface area contributed by atoms with Crippen molar-refractivity contribution in [2.24, 2.45) is 0 Å². The Morgan fingerprint density at radius 3 is 2.74 bits per heavy atom. The number of hydrogen-bond acceptors (Lipinski definition) is 2. The minimum atomic E-state index is -0.157. The monoisotopic (exact) mass is 342 g/mol. The molecule has 5 heteroatoms. The van der Waals surface area contributed by atoms with Crippen LogP contribution in [0.3, 0.4) is 0 Å². The van der Waals surface area contributed by atoms with E-state index in [1.165, 1.54) is 0 Å². The highest BCUT2D eigenvalue weighted by atomic mass is 35.5. The van der Waals surface area contributed by atoms with Crippen molar-refractivity contribution in [3.8, 4) is 0 Å². The molecule has 2 aromatic carbocycles. The van der Waals surface area contributed by atoms with Gasteiger partial charge in [0, 0.05) is 5.02 Å². The van der Waals surface area contributed by atoms with E-state index in [1.54, 1.807) is 23.1 Å². The number of carbonyl (C=O) groups excluding carboxylic acids is 1. The molecule has 0 unspecified atom stereocenters. The summed E-state index contributed by atoms with van der Waals surface area (Å²) in [5.41, 5.74) is 3.20. The molecule has 0 radical (unpaired) electrons. The molecule has 1 N–H and O–H groups in total. The molecule has 0 atom stereocenters. The summed E-state index contributed by atoms with van der Waals surface area (Å²) in [5, 5.41) is 4.02. The normalized spacial score (nSPS) is 16.1. The minimum Gasteiger partial charge on any atom is -0.327 e. The first-order valence-corrected chi connectivity index (χ1v) is 8.09. The maximum atomic E-state index is 12.7. The second-order valence-corrected chi connectivity index (χ2v) is 5.99. The molecule has 23 heavy (non-hydrogen) atoms. The van der Waals surface area contributed by atoms with Crippen molar-refractivity contribution in [3.05, 3.63) is 70.4 Å². The zero-order valence-corrected chi connectivity index (χ0v) is 14.1. The third kappa shape index (κ3) is 3.14. The van der Waals surface area contributed by atoms with Gasteiger partial charge in [0.1, 0.15) is 5.70 Å². The van der Waals surface area contributed by atoms with Crippen molar-refractivity contribution < 1.29 is 4.79 Å². The summed E-state index contributed by atoms with van der Waals surface area (Å²) < 4.78 is 0. The van der Waals surface area contributed by atoms with Crippen molar-refractivity contribution in [1.82, 2.24) is 5.32 Å². The zero-order valence-electron chi connectivity index (χ0n) is 12.5. The highest BCUT2D eigenvalue weighted by Crippen LogP contribution is 2.26. The average Bonchev–Trinajstić information content (AvgIpc) is 2.81. The molecule has 1 heterocycles. The molecule has 2 aromatic rings. The van der Waals surface area contributed by atoms with Gasteiger partial charge >= 0.3 is 0 Å². The molecule has 1 saturated heterocycles. The lowest BCUT2D eigenvalue weighted by Crippen LogP contribution is -2.31. The number of halogens is 1. The van der Waals surface area contributed by atoms with Gasteiger partial charge < -0.3 is 5.32 Å². The Morgan fingerprint density at radius 2 is 2.00 bits per heavy atom. The van der Waals surface area contributed by atoms with E-state index < -0.39 is 0 Å². The van der Waals surface area contributed by atoms with Crippen LogP contribution in [0.15, 0.2) is 54.2 Å². The number of rotatable bonds is 3. The Kier molecular flexibility index (Phi) is 4.46. The Morgan fingerprint density at radius 1 is 1.22 bits per heavy atom. The number of amides is 1. The topological polar surface area (TPSA) is 32.3 Å². The maximum Gasteiger partial charge on any atom is 0.281 e. The van der Waals surface area contributed by atoms with Crippen LogP contribution in [0.4, 0.5) is 5.69 Å². The Balaban J connectivity index is 1.97. The van der Waals surface area contributed by atoms with Crippen LogP contribution >= 0.6 is 23.8 Å². The number of para-hydroxylation sites is 1. The van der Waals surface area contributed by atoms with E-state index in [0.717, 1.165) is 23.2 Å². The van der Waals surface area contributed by atoms with E-state index in [0.29, 0.717) is 15.8 Å². The third-order valence-electron chi connectivity index (χ3n) is 3.65. The average molecular weight is 343 g/mol. The second-order valence-electron chi connectivity index (χ2n) is 5.17. The van der Waals surface area contributed by atoms with Crippen LogP contribution in [0.2, 0.25) is 5.02 Å². The highest BCUT2D eigenvalue weighted by molar-refractivity contribution is 7.80. The maximum absolute atomic E-state index is 12.7. The SMILES string of the molecule is CCc1ccccc1N1C(=O)/C(=C\c2cccc(Cl)c2)NC1=S. The number of benzene rings is 2. The molecule has 116 valence electrons. The van der Waals surface area contributed by atoms with Crippen molar-refractivity contribution in [2.75, 3.05) is 4.90 Å². The molecular formula is C18H15ClN2OS. The number of nitrogens with one attached hydrogen (secondary N) is 1. The van der Waals surface area contributed by atoms with E-state index in [1.807, 2.05) is 36.4 Å². The summed E-state index contributed by atoms with van der Waals surface area (Å²) in [6, 6.07) is 15.1. The molecule has 3 rings (SSSR count). The fourth-order valence-electron chi connectivity index (χ4n) is 2.54. The minimum absolute atomic E-state index is 0.157. The molecule has 1 fully saturated rings. The Bertz CT molecular complexity index is 816. The summed E-state index contributed by atoms with van der Waals surface area (Å²) >= 11 is 11.3. The van der Waals surface area contributed by atoms with E-state index in [-0.39, 0.29) is 5.91 Å². The van der Waals surface area contributed by atoms with Gasteiger partial charge in [-0.05, 0) is 54.0 Å². The molecule has 3 nitrogen and oxygen atoms in total. The molecule has 0 spiro atoms. The summed E-state index contributed by atoms with van der Waals surface area (Å²) in [6.45, 7) is 2.05. The van der Waals surface area contributed by atoms with E-state index >= 15 is 0 Å². The predicted octanol–water partition coefficient (Wildman–Crippen LogP) is 4.16. The van der Waals surface area contributed by atoms with Crippen molar-refractivity contribution >= 4 is 46.6 Å². The van der Waals surface area contributed by atoms with Crippen molar-refractivity contribution in [2.45, 2.75) is 13.3 Å². The molecule has 0 bridgehead atoms. The first-order chi connectivity index (χ1) is 11.1. The number of thiocarbonyl (C=S) groups is 1. The summed E-state index contributed by atoms with van der Waals surface area (Å²) in [6.07, 6.45) is 2.59. The Labute approximate surface area is 145 Å². The third-order valence-corrected chi connectivity index (χ3v) is 4.17. The molecule has 0 aliphatic carbocycles. The lowest BCUT2D eigenvalue weighted by molar-refractivity contribution is -0.113.